The number of anilines is 1. The molecule has 2 aromatic carbocycles. The minimum atomic E-state index is -2.55. The van der Waals surface area contributed by atoms with E-state index in [1.54, 1.807) is 30.5 Å². The molecule has 1 amide bonds. The number of nitrogens with zero attached hydrogens (tertiary/aromatic N) is 1. The Morgan fingerprint density at radius 3 is 2.71 bits per heavy atom. The third-order valence-corrected chi connectivity index (χ3v) is 5.08. The molecule has 1 aromatic heterocycles. The number of aromatic nitrogens is 1. The summed E-state index contributed by atoms with van der Waals surface area (Å²) in [5.74, 6) is -1.72. The first kappa shape index (κ1) is 20.1. The van der Waals surface area contributed by atoms with Gasteiger partial charge in [-0.1, -0.05) is 36.0 Å². The number of alkyl halides is 2. The van der Waals surface area contributed by atoms with Gasteiger partial charge in [-0.05, 0) is 43.2 Å². The van der Waals surface area contributed by atoms with E-state index in [0.29, 0.717) is 40.4 Å². The quantitative estimate of drug-likeness (QED) is 0.504. The summed E-state index contributed by atoms with van der Waals surface area (Å²) in [4.78, 5) is 16.8. The van der Waals surface area contributed by atoms with Gasteiger partial charge >= 0.3 is 0 Å². The number of benzene rings is 2. The first-order valence-corrected chi connectivity index (χ1v) is 9.66. The van der Waals surface area contributed by atoms with Gasteiger partial charge < -0.3 is 9.73 Å². The van der Waals surface area contributed by atoms with Crippen molar-refractivity contribution >= 4 is 23.4 Å². The van der Waals surface area contributed by atoms with Gasteiger partial charge in [-0.15, -0.1) is 0 Å². The van der Waals surface area contributed by atoms with E-state index in [2.05, 4.69) is 10.3 Å². The third-order valence-electron chi connectivity index (χ3n) is 4.29. The number of carbonyl (C=O) groups excluding carboxylic acids is 1. The third kappa shape index (κ3) is 5.19. The maximum absolute atomic E-state index is 12.6. The highest BCUT2D eigenvalue weighted by Gasteiger charge is 2.13. The van der Waals surface area contributed by atoms with Crippen LogP contribution in [0.4, 0.5) is 14.5 Å². The molecule has 0 aliphatic rings. The number of nitrogens with one attached hydrogen (secondary N) is 1. The molecule has 4 nitrogen and oxygen atoms in total. The lowest BCUT2D eigenvalue weighted by molar-refractivity contribution is -0.116. The van der Waals surface area contributed by atoms with E-state index >= 15 is 0 Å². The van der Waals surface area contributed by atoms with Gasteiger partial charge in [0.05, 0.1) is 11.9 Å². The van der Waals surface area contributed by atoms with Crippen molar-refractivity contribution < 1.29 is 18.0 Å². The molecule has 1 heterocycles. The summed E-state index contributed by atoms with van der Waals surface area (Å²) in [5, 5.41) is 2.68. The summed E-state index contributed by atoms with van der Waals surface area (Å²) in [5.41, 5.74) is 3.67. The van der Waals surface area contributed by atoms with Crippen LogP contribution in [0, 0.1) is 13.8 Å². The van der Waals surface area contributed by atoms with Crippen LogP contribution in [0.25, 0.3) is 11.3 Å². The Bertz CT molecular complexity index is 973. The average molecular weight is 402 g/mol. The summed E-state index contributed by atoms with van der Waals surface area (Å²) < 4.78 is 31.0. The predicted molar refractivity (Wildman–Crippen MR) is 107 cm³/mol. The van der Waals surface area contributed by atoms with E-state index < -0.39 is 5.76 Å². The topological polar surface area (TPSA) is 55.1 Å². The van der Waals surface area contributed by atoms with Gasteiger partial charge in [-0.25, -0.2) is 4.98 Å². The Labute approximate surface area is 166 Å². The number of thioether (sulfide) groups is 1. The van der Waals surface area contributed by atoms with Crippen molar-refractivity contribution in [2.45, 2.75) is 37.3 Å². The lowest BCUT2D eigenvalue weighted by atomic mass is 10.1. The van der Waals surface area contributed by atoms with Gasteiger partial charge in [0.15, 0.2) is 11.7 Å². The van der Waals surface area contributed by atoms with Crippen LogP contribution >= 0.6 is 11.8 Å². The molecule has 146 valence electrons. The summed E-state index contributed by atoms with van der Waals surface area (Å²) in [6, 6.07) is 12.5. The molecule has 0 saturated carbocycles. The Morgan fingerprint density at radius 2 is 1.96 bits per heavy atom. The van der Waals surface area contributed by atoms with Gasteiger partial charge in [-0.2, -0.15) is 8.78 Å². The van der Waals surface area contributed by atoms with Crippen LogP contribution in [0.3, 0.4) is 0 Å². The molecule has 0 atom stereocenters. The number of amides is 1. The molecule has 0 saturated heterocycles. The molecule has 3 rings (SSSR count). The van der Waals surface area contributed by atoms with Gasteiger partial charge in [0.2, 0.25) is 5.91 Å². The Kier molecular flexibility index (Phi) is 6.46. The van der Waals surface area contributed by atoms with E-state index in [4.69, 9.17) is 4.42 Å². The van der Waals surface area contributed by atoms with Crippen LogP contribution in [-0.4, -0.2) is 16.6 Å². The molecule has 3 aromatic rings. The second-order valence-corrected chi connectivity index (χ2v) is 7.37. The molecule has 0 bridgehead atoms. The minimum absolute atomic E-state index is 0.139. The maximum Gasteiger partial charge on any atom is 0.288 e. The second kappa shape index (κ2) is 9.01. The first-order valence-electron chi connectivity index (χ1n) is 8.78. The molecular weight excluding hydrogens is 382 g/mol. The lowest BCUT2D eigenvalue weighted by Crippen LogP contribution is -2.13. The van der Waals surface area contributed by atoms with Crippen LogP contribution in [-0.2, 0) is 11.2 Å². The summed E-state index contributed by atoms with van der Waals surface area (Å²) in [6.45, 7) is 4.08. The number of para-hydroxylation sites is 1. The molecule has 1 N–H and O–H groups in total. The van der Waals surface area contributed by atoms with Crippen molar-refractivity contribution in [2.75, 3.05) is 5.32 Å². The number of aryl methyl sites for hydroxylation is 3. The number of oxazole rings is 1. The molecule has 0 radical (unpaired) electrons. The normalized spacial score (nSPS) is 11.0. The smallest absolute Gasteiger partial charge is 0.288 e. The Hall–Kier alpha value is -2.67. The summed E-state index contributed by atoms with van der Waals surface area (Å²) >= 11 is 0.406. The molecule has 7 heteroatoms. The van der Waals surface area contributed by atoms with Crippen LogP contribution in [0.1, 0.15) is 23.4 Å². The van der Waals surface area contributed by atoms with Crippen molar-refractivity contribution in [1.29, 1.82) is 0 Å². The van der Waals surface area contributed by atoms with E-state index in [-0.39, 0.29) is 12.3 Å². The van der Waals surface area contributed by atoms with Crippen LogP contribution < -0.4 is 5.32 Å². The van der Waals surface area contributed by atoms with Gasteiger partial charge in [0.1, 0.15) is 0 Å². The number of halogens is 2. The second-order valence-electron chi connectivity index (χ2n) is 6.34. The highest BCUT2D eigenvalue weighted by Crippen LogP contribution is 2.31. The zero-order valence-corrected chi connectivity index (χ0v) is 16.4. The first-order chi connectivity index (χ1) is 13.4. The van der Waals surface area contributed by atoms with Crippen LogP contribution in [0.15, 0.2) is 58.0 Å². The van der Waals surface area contributed by atoms with E-state index in [1.165, 1.54) is 5.56 Å². The van der Waals surface area contributed by atoms with Crippen molar-refractivity contribution in [3.63, 3.8) is 0 Å². The number of carbonyl (C=O) groups is 1. The Morgan fingerprint density at radius 1 is 1.18 bits per heavy atom. The summed E-state index contributed by atoms with van der Waals surface area (Å²) in [7, 11) is 0. The van der Waals surface area contributed by atoms with E-state index in [1.807, 2.05) is 32.0 Å². The molecule has 0 spiro atoms. The highest BCUT2D eigenvalue weighted by molar-refractivity contribution is 7.99. The fourth-order valence-electron chi connectivity index (χ4n) is 2.66. The zero-order chi connectivity index (χ0) is 20.1. The molecule has 28 heavy (non-hydrogen) atoms. The SMILES string of the molecule is Cc1ccc(-c2cnc(CCC(=O)Nc3ccccc3SC(F)F)o2)cc1C. The molecule has 0 unspecified atom stereocenters. The zero-order valence-electron chi connectivity index (χ0n) is 15.5. The number of hydrogen-bond acceptors (Lipinski definition) is 4. The van der Waals surface area contributed by atoms with Crippen molar-refractivity contribution in [3.05, 3.63) is 65.7 Å². The number of hydrogen-bond donors (Lipinski definition) is 1. The largest absolute Gasteiger partial charge is 0.441 e. The van der Waals surface area contributed by atoms with Crippen molar-refractivity contribution in [2.24, 2.45) is 0 Å². The standard InChI is InChI=1S/C21H20F2N2O2S/c1-13-7-8-15(11-14(13)2)17-12-24-20(27-17)10-9-19(26)25-16-5-3-4-6-18(16)28-21(22)23/h3-8,11-12,21H,9-10H2,1-2H3,(H,25,26). The predicted octanol–water partition coefficient (Wildman–Crippen LogP) is 5.84. The fraction of sp³-hybridized carbons (Fsp3) is 0.238. The molecule has 0 aliphatic heterocycles. The van der Waals surface area contributed by atoms with Crippen molar-refractivity contribution in [1.82, 2.24) is 4.98 Å². The van der Waals surface area contributed by atoms with E-state index in [9.17, 15) is 13.6 Å². The van der Waals surface area contributed by atoms with Gasteiger partial charge in [-0.3, -0.25) is 4.79 Å². The van der Waals surface area contributed by atoms with Crippen LogP contribution in [0.5, 0.6) is 0 Å². The van der Waals surface area contributed by atoms with Gasteiger partial charge in [0.25, 0.3) is 5.76 Å². The van der Waals surface area contributed by atoms with E-state index in [0.717, 1.165) is 11.1 Å². The van der Waals surface area contributed by atoms with Crippen molar-refractivity contribution in [3.8, 4) is 11.3 Å². The maximum atomic E-state index is 12.6. The fourth-order valence-corrected chi connectivity index (χ4v) is 3.25. The highest BCUT2D eigenvalue weighted by atomic mass is 32.2. The molecule has 0 aliphatic carbocycles. The monoisotopic (exact) mass is 402 g/mol. The minimum Gasteiger partial charge on any atom is -0.441 e. The van der Waals surface area contributed by atoms with Crippen LogP contribution in [0.2, 0.25) is 0 Å². The lowest BCUT2D eigenvalue weighted by Gasteiger charge is -2.09. The summed E-state index contributed by atoms with van der Waals surface area (Å²) in [6.07, 6.45) is 2.10. The molecular formula is C21H20F2N2O2S. The van der Waals surface area contributed by atoms with Gasteiger partial charge in [0, 0.05) is 23.3 Å². The molecule has 0 fully saturated rings. The average Bonchev–Trinajstić information content (AvgIpc) is 3.12. The Balaban J connectivity index is 1.60. The number of rotatable bonds is 7.